The molecular weight excluding hydrogens is 357 g/mol. The molecule has 0 atom stereocenters. The van der Waals surface area contributed by atoms with Crippen LogP contribution in [0.15, 0.2) is 48.5 Å². The lowest BCUT2D eigenvalue weighted by Crippen LogP contribution is -2.35. The van der Waals surface area contributed by atoms with Gasteiger partial charge in [0.15, 0.2) is 0 Å². The summed E-state index contributed by atoms with van der Waals surface area (Å²) in [6, 6.07) is 11.7. The standard InChI is InChI=1S/C20H21F3N2O2/c21-20(22,23)16-8-6-15(7-9-16)14-24-10-3-11-25(13-12-24)19(27)17-4-1-2-5-18(17)26/h1-2,4-9,26H,3,10-14H2. The fourth-order valence-electron chi connectivity index (χ4n) is 3.21. The smallest absolute Gasteiger partial charge is 0.416 e. The minimum absolute atomic E-state index is 0.0339. The molecule has 0 unspecified atom stereocenters. The van der Waals surface area contributed by atoms with Gasteiger partial charge in [0.2, 0.25) is 0 Å². The Morgan fingerprint density at radius 1 is 0.963 bits per heavy atom. The quantitative estimate of drug-likeness (QED) is 0.885. The third-order valence-corrected chi connectivity index (χ3v) is 4.70. The van der Waals surface area contributed by atoms with Crippen LogP contribution in [0, 0.1) is 0 Å². The van der Waals surface area contributed by atoms with Gasteiger partial charge in [-0.05, 0) is 36.2 Å². The van der Waals surface area contributed by atoms with E-state index in [0.717, 1.165) is 30.7 Å². The van der Waals surface area contributed by atoms with Gasteiger partial charge in [-0.2, -0.15) is 13.2 Å². The molecule has 1 aliphatic rings. The van der Waals surface area contributed by atoms with Gasteiger partial charge < -0.3 is 10.0 Å². The number of amides is 1. The van der Waals surface area contributed by atoms with Crippen LogP contribution in [0.1, 0.15) is 27.9 Å². The predicted molar refractivity (Wildman–Crippen MR) is 95.3 cm³/mol. The third-order valence-electron chi connectivity index (χ3n) is 4.70. The summed E-state index contributed by atoms with van der Waals surface area (Å²) in [7, 11) is 0. The summed E-state index contributed by atoms with van der Waals surface area (Å²) in [6.45, 7) is 3.01. The summed E-state index contributed by atoms with van der Waals surface area (Å²) >= 11 is 0. The van der Waals surface area contributed by atoms with Crippen molar-refractivity contribution in [1.29, 1.82) is 0 Å². The number of phenolic OH excluding ortho intramolecular Hbond substituents is 1. The SMILES string of the molecule is O=C(c1ccccc1O)N1CCCN(Cc2ccc(C(F)(F)F)cc2)CC1. The maximum Gasteiger partial charge on any atom is 0.416 e. The van der Waals surface area contributed by atoms with Crippen LogP contribution in [0.5, 0.6) is 5.75 Å². The van der Waals surface area contributed by atoms with Crippen LogP contribution in [0.25, 0.3) is 0 Å². The monoisotopic (exact) mass is 378 g/mol. The first kappa shape index (κ1) is 19.2. The molecule has 7 heteroatoms. The number of halogens is 3. The van der Waals surface area contributed by atoms with Gasteiger partial charge in [-0.3, -0.25) is 9.69 Å². The highest BCUT2D eigenvalue weighted by molar-refractivity contribution is 5.96. The summed E-state index contributed by atoms with van der Waals surface area (Å²) in [4.78, 5) is 16.4. The molecule has 27 heavy (non-hydrogen) atoms. The summed E-state index contributed by atoms with van der Waals surface area (Å²) in [6.07, 6.45) is -3.56. The molecule has 4 nitrogen and oxygen atoms in total. The molecule has 2 aromatic carbocycles. The van der Waals surface area contributed by atoms with Crippen molar-refractivity contribution < 1.29 is 23.1 Å². The van der Waals surface area contributed by atoms with Gasteiger partial charge in [0.1, 0.15) is 5.75 Å². The highest BCUT2D eigenvalue weighted by atomic mass is 19.4. The number of nitrogens with zero attached hydrogens (tertiary/aromatic N) is 2. The fraction of sp³-hybridized carbons (Fsp3) is 0.350. The van der Waals surface area contributed by atoms with Crippen molar-refractivity contribution in [1.82, 2.24) is 9.80 Å². The van der Waals surface area contributed by atoms with Crippen LogP contribution in [0.4, 0.5) is 13.2 Å². The number of carbonyl (C=O) groups excluding carboxylic acids is 1. The van der Waals surface area contributed by atoms with E-state index in [4.69, 9.17) is 0 Å². The molecule has 1 fully saturated rings. The normalized spacial score (nSPS) is 16.2. The van der Waals surface area contributed by atoms with E-state index in [1.54, 1.807) is 23.1 Å². The number of alkyl halides is 3. The van der Waals surface area contributed by atoms with Crippen LogP contribution in [-0.4, -0.2) is 47.0 Å². The van der Waals surface area contributed by atoms with E-state index in [2.05, 4.69) is 4.90 Å². The topological polar surface area (TPSA) is 43.8 Å². The molecule has 0 aliphatic carbocycles. The number of carbonyl (C=O) groups is 1. The van der Waals surface area contributed by atoms with E-state index in [9.17, 15) is 23.1 Å². The lowest BCUT2D eigenvalue weighted by Gasteiger charge is -2.22. The molecule has 2 aromatic rings. The van der Waals surface area contributed by atoms with Crippen molar-refractivity contribution in [3.05, 3.63) is 65.2 Å². The first-order valence-electron chi connectivity index (χ1n) is 8.80. The van der Waals surface area contributed by atoms with E-state index in [0.29, 0.717) is 26.2 Å². The Labute approximate surface area is 155 Å². The van der Waals surface area contributed by atoms with Crippen LogP contribution in [-0.2, 0) is 12.7 Å². The zero-order chi connectivity index (χ0) is 19.4. The Kier molecular flexibility index (Phi) is 5.70. The zero-order valence-corrected chi connectivity index (χ0v) is 14.7. The Balaban J connectivity index is 1.60. The molecule has 0 aromatic heterocycles. The fourth-order valence-corrected chi connectivity index (χ4v) is 3.21. The molecule has 3 rings (SSSR count). The molecule has 0 saturated carbocycles. The predicted octanol–water partition coefficient (Wildman–Crippen LogP) is 3.76. The summed E-state index contributed by atoms with van der Waals surface area (Å²) in [5.74, 6) is -0.238. The largest absolute Gasteiger partial charge is 0.507 e. The molecule has 0 spiro atoms. The van der Waals surface area contributed by atoms with Crippen molar-refractivity contribution >= 4 is 5.91 Å². The van der Waals surface area contributed by atoms with Crippen molar-refractivity contribution in [3.8, 4) is 5.75 Å². The van der Waals surface area contributed by atoms with Gasteiger partial charge in [0.25, 0.3) is 5.91 Å². The molecule has 1 amide bonds. The summed E-state index contributed by atoms with van der Waals surface area (Å²) in [5.41, 5.74) is 0.443. The van der Waals surface area contributed by atoms with Crippen LogP contribution < -0.4 is 0 Å². The van der Waals surface area contributed by atoms with Gasteiger partial charge in [0, 0.05) is 32.7 Å². The Hall–Kier alpha value is -2.54. The number of aromatic hydroxyl groups is 1. The number of hydrogen-bond donors (Lipinski definition) is 1. The number of rotatable bonds is 3. The zero-order valence-electron chi connectivity index (χ0n) is 14.7. The number of para-hydroxylation sites is 1. The second-order valence-corrected chi connectivity index (χ2v) is 6.63. The second-order valence-electron chi connectivity index (χ2n) is 6.63. The summed E-state index contributed by atoms with van der Waals surface area (Å²) < 4.78 is 38.0. The van der Waals surface area contributed by atoms with Crippen molar-refractivity contribution in [2.45, 2.75) is 19.1 Å². The highest BCUT2D eigenvalue weighted by Gasteiger charge is 2.30. The van der Waals surface area contributed by atoms with E-state index in [1.807, 2.05) is 0 Å². The Morgan fingerprint density at radius 3 is 2.33 bits per heavy atom. The van der Waals surface area contributed by atoms with Crippen molar-refractivity contribution in [2.75, 3.05) is 26.2 Å². The maximum atomic E-state index is 12.7. The van der Waals surface area contributed by atoms with E-state index >= 15 is 0 Å². The average Bonchev–Trinajstić information content (AvgIpc) is 2.87. The molecular formula is C20H21F3N2O2. The van der Waals surface area contributed by atoms with E-state index in [1.165, 1.54) is 18.2 Å². The summed E-state index contributed by atoms with van der Waals surface area (Å²) in [5, 5.41) is 9.87. The number of hydrogen-bond acceptors (Lipinski definition) is 3. The number of phenols is 1. The molecule has 1 heterocycles. The lowest BCUT2D eigenvalue weighted by molar-refractivity contribution is -0.137. The minimum atomic E-state index is -4.33. The molecule has 0 bridgehead atoms. The molecule has 1 aliphatic heterocycles. The highest BCUT2D eigenvalue weighted by Crippen LogP contribution is 2.29. The maximum absolute atomic E-state index is 12.7. The van der Waals surface area contributed by atoms with Gasteiger partial charge in [-0.25, -0.2) is 0 Å². The number of benzene rings is 2. The lowest BCUT2D eigenvalue weighted by atomic mass is 10.1. The van der Waals surface area contributed by atoms with Gasteiger partial charge in [-0.1, -0.05) is 24.3 Å². The first-order chi connectivity index (χ1) is 12.8. The second kappa shape index (κ2) is 8.00. The van der Waals surface area contributed by atoms with Gasteiger partial charge in [0.05, 0.1) is 11.1 Å². The van der Waals surface area contributed by atoms with Crippen molar-refractivity contribution in [2.24, 2.45) is 0 Å². The molecule has 1 N–H and O–H groups in total. The van der Waals surface area contributed by atoms with E-state index in [-0.39, 0.29) is 17.2 Å². The van der Waals surface area contributed by atoms with Crippen LogP contribution >= 0.6 is 0 Å². The van der Waals surface area contributed by atoms with Crippen LogP contribution in [0.2, 0.25) is 0 Å². The van der Waals surface area contributed by atoms with Gasteiger partial charge in [-0.15, -0.1) is 0 Å². The average molecular weight is 378 g/mol. The van der Waals surface area contributed by atoms with Crippen molar-refractivity contribution in [3.63, 3.8) is 0 Å². The minimum Gasteiger partial charge on any atom is -0.507 e. The molecule has 1 saturated heterocycles. The third kappa shape index (κ3) is 4.80. The first-order valence-corrected chi connectivity index (χ1v) is 8.80. The molecule has 0 radical (unpaired) electrons. The van der Waals surface area contributed by atoms with Crippen LogP contribution in [0.3, 0.4) is 0 Å². The Morgan fingerprint density at radius 2 is 1.67 bits per heavy atom. The van der Waals surface area contributed by atoms with Gasteiger partial charge >= 0.3 is 6.18 Å². The van der Waals surface area contributed by atoms with E-state index < -0.39 is 11.7 Å². The Bertz CT molecular complexity index is 791. The molecule has 144 valence electrons.